The van der Waals surface area contributed by atoms with Gasteiger partial charge in [0.2, 0.25) is 15.9 Å². The van der Waals surface area contributed by atoms with Crippen LogP contribution in [-0.4, -0.2) is 49.3 Å². The van der Waals surface area contributed by atoms with Crippen LogP contribution in [0.1, 0.15) is 37.7 Å². The second-order valence-electron chi connectivity index (χ2n) is 6.44. The van der Waals surface area contributed by atoms with Gasteiger partial charge in [-0.3, -0.25) is 9.59 Å². The van der Waals surface area contributed by atoms with Gasteiger partial charge in [0.15, 0.2) is 0 Å². The number of anilines is 1. The molecule has 0 aliphatic carbocycles. The second-order valence-corrected chi connectivity index (χ2v) is 8.38. The Balaban J connectivity index is 1.74. The summed E-state index contributed by atoms with van der Waals surface area (Å²) < 4.78 is 26.8. The molecule has 1 fully saturated rings. The van der Waals surface area contributed by atoms with Gasteiger partial charge in [-0.05, 0) is 49.4 Å². The van der Waals surface area contributed by atoms with E-state index in [1.54, 1.807) is 23.1 Å². The SMILES string of the molecule is O=C(O)CCCC(=O)N1CCc2cc(S(=O)(=O)N3CCCC3)ccc21. The van der Waals surface area contributed by atoms with Crippen LogP contribution < -0.4 is 4.90 Å². The van der Waals surface area contributed by atoms with Gasteiger partial charge in [-0.1, -0.05) is 0 Å². The van der Waals surface area contributed by atoms with Crippen LogP contribution in [0.25, 0.3) is 0 Å². The number of carboxylic acid groups (broad SMARTS) is 1. The topological polar surface area (TPSA) is 95.0 Å². The first-order chi connectivity index (χ1) is 11.9. The predicted molar refractivity (Wildman–Crippen MR) is 92.0 cm³/mol. The molecule has 1 N–H and O–H groups in total. The van der Waals surface area contributed by atoms with Crippen LogP contribution in [0, 0.1) is 0 Å². The normalized spacial score (nSPS) is 17.7. The Hall–Kier alpha value is -1.93. The number of amides is 1. The number of carbonyl (C=O) groups excluding carboxylic acids is 1. The Morgan fingerprint density at radius 3 is 2.48 bits per heavy atom. The van der Waals surface area contributed by atoms with Gasteiger partial charge in [0.05, 0.1) is 4.90 Å². The molecule has 0 unspecified atom stereocenters. The number of fused-ring (bicyclic) bond motifs is 1. The lowest BCUT2D eigenvalue weighted by Gasteiger charge is -2.19. The van der Waals surface area contributed by atoms with Crippen LogP contribution in [0.3, 0.4) is 0 Å². The molecular formula is C17H22N2O5S. The van der Waals surface area contributed by atoms with Crippen LogP contribution in [0.15, 0.2) is 23.1 Å². The van der Waals surface area contributed by atoms with Crippen LogP contribution in [0.4, 0.5) is 5.69 Å². The molecule has 0 atom stereocenters. The number of hydrogen-bond donors (Lipinski definition) is 1. The first kappa shape index (κ1) is 17.9. The number of aliphatic carboxylic acids is 1. The Labute approximate surface area is 147 Å². The van der Waals surface area contributed by atoms with Gasteiger partial charge in [0.25, 0.3) is 0 Å². The second kappa shape index (κ2) is 7.13. The van der Waals surface area contributed by atoms with Crippen molar-refractivity contribution < 1.29 is 23.1 Å². The molecule has 2 aliphatic heterocycles. The summed E-state index contributed by atoms with van der Waals surface area (Å²) in [6, 6.07) is 4.93. The average Bonchev–Trinajstić information content (AvgIpc) is 3.23. The zero-order valence-corrected chi connectivity index (χ0v) is 14.8. The molecule has 0 spiro atoms. The summed E-state index contributed by atoms with van der Waals surface area (Å²) in [5.74, 6) is -1.03. The van der Waals surface area contributed by atoms with Crippen LogP contribution in [-0.2, 0) is 26.0 Å². The molecule has 25 heavy (non-hydrogen) atoms. The highest BCUT2D eigenvalue weighted by Crippen LogP contribution is 2.32. The predicted octanol–water partition coefficient (Wildman–Crippen LogP) is 1.62. The largest absolute Gasteiger partial charge is 0.481 e. The first-order valence-electron chi connectivity index (χ1n) is 8.55. The van der Waals surface area contributed by atoms with Gasteiger partial charge in [0.1, 0.15) is 0 Å². The number of carbonyl (C=O) groups is 2. The van der Waals surface area contributed by atoms with Crippen molar-refractivity contribution in [3.8, 4) is 0 Å². The standard InChI is InChI=1S/C17H22N2O5S/c20-16(4-3-5-17(21)22)19-11-8-13-12-14(6-7-15(13)19)25(23,24)18-9-1-2-10-18/h6-7,12H,1-5,8-11H2,(H,21,22). The molecule has 1 saturated heterocycles. The average molecular weight is 366 g/mol. The maximum absolute atomic E-state index is 12.6. The Kier molecular flexibility index (Phi) is 5.10. The fourth-order valence-electron chi connectivity index (χ4n) is 3.40. The molecule has 2 aliphatic rings. The van der Waals surface area contributed by atoms with E-state index >= 15 is 0 Å². The summed E-state index contributed by atoms with van der Waals surface area (Å²) in [5, 5.41) is 8.66. The van der Waals surface area contributed by atoms with Crippen molar-refractivity contribution in [2.75, 3.05) is 24.5 Å². The molecule has 2 heterocycles. The lowest BCUT2D eigenvalue weighted by Crippen LogP contribution is -2.29. The van der Waals surface area contributed by atoms with Gasteiger partial charge in [0, 0.05) is 38.2 Å². The minimum absolute atomic E-state index is 0.0283. The zero-order valence-electron chi connectivity index (χ0n) is 14.0. The number of sulfonamides is 1. The van der Waals surface area contributed by atoms with E-state index in [4.69, 9.17) is 5.11 Å². The minimum Gasteiger partial charge on any atom is -0.481 e. The number of hydrogen-bond acceptors (Lipinski definition) is 4. The fourth-order valence-corrected chi connectivity index (χ4v) is 4.97. The summed E-state index contributed by atoms with van der Waals surface area (Å²) in [5.41, 5.74) is 1.59. The molecule has 1 aromatic carbocycles. The Morgan fingerprint density at radius 2 is 1.80 bits per heavy atom. The van der Waals surface area contributed by atoms with Crippen LogP contribution in [0.5, 0.6) is 0 Å². The molecule has 1 amide bonds. The van der Waals surface area contributed by atoms with Crippen LogP contribution in [0.2, 0.25) is 0 Å². The molecule has 0 bridgehead atoms. The van der Waals surface area contributed by atoms with E-state index in [1.165, 1.54) is 4.31 Å². The van der Waals surface area contributed by atoms with Gasteiger partial charge in [-0.15, -0.1) is 0 Å². The summed E-state index contributed by atoms with van der Waals surface area (Å²) >= 11 is 0. The van der Waals surface area contributed by atoms with Crippen molar-refractivity contribution in [1.82, 2.24) is 4.31 Å². The van der Waals surface area contributed by atoms with E-state index < -0.39 is 16.0 Å². The van der Waals surface area contributed by atoms with E-state index in [-0.39, 0.29) is 23.6 Å². The fraction of sp³-hybridized carbons (Fsp3) is 0.529. The monoisotopic (exact) mass is 366 g/mol. The van der Waals surface area contributed by atoms with E-state index in [1.807, 2.05) is 0 Å². The van der Waals surface area contributed by atoms with E-state index in [0.29, 0.717) is 32.5 Å². The van der Waals surface area contributed by atoms with Crippen molar-refractivity contribution >= 4 is 27.6 Å². The molecule has 0 aromatic heterocycles. The maximum atomic E-state index is 12.6. The van der Waals surface area contributed by atoms with Crippen molar-refractivity contribution in [3.63, 3.8) is 0 Å². The summed E-state index contributed by atoms with van der Waals surface area (Å²) in [7, 11) is -3.46. The molecule has 0 saturated carbocycles. The molecule has 136 valence electrons. The molecule has 0 radical (unpaired) electrons. The van der Waals surface area contributed by atoms with Gasteiger partial charge in [-0.25, -0.2) is 8.42 Å². The van der Waals surface area contributed by atoms with Crippen molar-refractivity contribution in [2.24, 2.45) is 0 Å². The van der Waals surface area contributed by atoms with Crippen molar-refractivity contribution in [3.05, 3.63) is 23.8 Å². The molecular weight excluding hydrogens is 344 g/mol. The third-order valence-electron chi connectivity index (χ3n) is 4.73. The van der Waals surface area contributed by atoms with Gasteiger partial charge >= 0.3 is 5.97 Å². The number of benzene rings is 1. The number of carboxylic acids is 1. The van der Waals surface area contributed by atoms with Crippen LogP contribution >= 0.6 is 0 Å². The zero-order chi connectivity index (χ0) is 18.0. The Bertz CT molecular complexity index is 784. The molecule has 1 aromatic rings. The summed E-state index contributed by atoms with van der Waals surface area (Å²) in [4.78, 5) is 24.8. The van der Waals surface area contributed by atoms with Crippen molar-refractivity contribution in [1.29, 1.82) is 0 Å². The third-order valence-corrected chi connectivity index (χ3v) is 6.63. The molecule has 8 heteroatoms. The molecule has 7 nitrogen and oxygen atoms in total. The first-order valence-corrected chi connectivity index (χ1v) is 9.99. The number of rotatable bonds is 6. The van der Waals surface area contributed by atoms with E-state index in [0.717, 1.165) is 24.1 Å². The third kappa shape index (κ3) is 3.69. The summed E-state index contributed by atoms with van der Waals surface area (Å²) in [6.45, 7) is 1.63. The minimum atomic E-state index is -3.46. The lowest BCUT2D eigenvalue weighted by molar-refractivity contribution is -0.137. The van der Waals surface area contributed by atoms with E-state index in [9.17, 15) is 18.0 Å². The number of nitrogens with zero attached hydrogens (tertiary/aromatic N) is 2. The highest BCUT2D eigenvalue weighted by atomic mass is 32.2. The van der Waals surface area contributed by atoms with Gasteiger partial charge in [-0.2, -0.15) is 4.31 Å². The lowest BCUT2D eigenvalue weighted by atomic mass is 10.1. The Morgan fingerprint density at radius 1 is 1.08 bits per heavy atom. The van der Waals surface area contributed by atoms with E-state index in [2.05, 4.69) is 0 Å². The quantitative estimate of drug-likeness (QED) is 0.825. The smallest absolute Gasteiger partial charge is 0.303 e. The maximum Gasteiger partial charge on any atom is 0.303 e. The van der Waals surface area contributed by atoms with Gasteiger partial charge < -0.3 is 10.0 Å². The summed E-state index contributed by atoms with van der Waals surface area (Å²) in [6.07, 6.45) is 2.86. The molecule has 3 rings (SSSR count). The highest BCUT2D eigenvalue weighted by Gasteiger charge is 2.30. The van der Waals surface area contributed by atoms with Crippen molar-refractivity contribution in [2.45, 2.75) is 43.4 Å². The highest BCUT2D eigenvalue weighted by molar-refractivity contribution is 7.89.